The molecule has 6 heteroatoms. The van der Waals surface area contributed by atoms with Gasteiger partial charge in [-0.1, -0.05) is 18.5 Å². The maximum atomic E-state index is 10.6. The molecule has 0 aliphatic rings. The van der Waals surface area contributed by atoms with E-state index in [2.05, 4.69) is 10.1 Å². The van der Waals surface area contributed by atoms with E-state index in [1.165, 1.54) is 0 Å². The Labute approximate surface area is 81.6 Å². The van der Waals surface area contributed by atoms with E-state index in [0.29, 0.717) is 12.3 Å². The minimum atomic E-state index is -0.691. The van der Waals surface area contributed by atoms with Gasteiger partial charge in [0.25, 0.3) is 11.7 Å². The van der Waals surface area contributed by atoms with Gasteiger partial charge in [0.05, 0.1) is 0 Å². The number of aromatic nitrogens is 2. The normalized spacial score (nSPS) is 12.7. The second kappa shape index (κ2) is 4.71. The molecule has 0 radical (unpaired) electrons. The highest BCUT2D eigenvalue weighted by atomic mass is 16.5. The fourth-order valence-corrected chi connectivity index (χ4v) is 1.14. The Balaban J connectivity index is 2.55. The SMILES string of the molecule is CCCC(N)Cc1nc(C(N)=O)no1. The van der Waals surface area contributed by atoms with Crippen LogP contribution >= 0.6 is 0 Å². The quantitative estimate of drug-likeness (QED) is 0.683. The molecule has 6 nitrogen and oxygen atoms in total. The van der Waals surface area contributed by atoms with Crippen LogP contribution in [0.4, 0.5) is 0 Å². The van der Waals surface area contributed by atoms with Crippen molar-refractivity contribution in [3.63, 3.8) is 0 Å². The molecular formula is C8H14N4O2. The lowest BCUT2D eigenvalue weighted by atomic mass is 10.1. The zero-order chi connectivity index (χ0) is 10.6. The molecule has 78 valence electrons. The number of rotatable bonds is 5. The largest absolute Gasteiger partial charge is 0.363 e. The number of amides is 1. The van der Waals surface area contributed by atoms with Crippen LogP contribution in [0.1, 0.15) is 36.3 Å². The third-order valence-electron chi connectivity index (χ3n) is 1.78. The summed E-state index contributed by atoms with van der Waals surface area (Å²) in [4.78, 5) is 14.4. The molecule has 0 fully saturated rings. The Morgan fingerprint density at radius 3 is 2.86 bits per heavy atom. The van der Waals surface area contributed by atoms with E-state index >= 15 is 0 Å². The zero-order valence-corrected chi connectivity index (χ0v) is 8.06. The van der Waals surface area contributed by atoms with E-state index in [9.17, 15) is 4.79 Å². The molecule has 1 aromatic rings. The molecule has 1 amide bonds. The van der Waals surface area contributed by atoms with Crippen molar-refractivity contribution in [3.05, 3.63) is 11.7 Å². The fraction of sp³-hybridized carbons (Fsp3) is 0.625. The van der Waals surface area contributed by atoms with Crippen LogP contribution in [0.15, 0.2) is 4.52 Å². The smallest absolute Gasteiger partial charge is 0.290 e. The molecule has 0 bridgehead atoms. The summed E-state index contributed by atoms with van der Waals surface area (Å²) in [5.41, 5.74) is 10.7. The van der Waals surface area contributed by atoms with E-state index in [4.69, 9.17) is 16.0 Å². The highest BCUT2D eigenvalue weighted by molar-refractivity contribution is 5.88. The molecule has 1 rings (SSSR count). The van der Waals surface area contributed by atoms with Crippen molar-refractivity contribution in [3.8, 4) is 0 Å². The van der Waals surface area contributed by atoms with Crippen LogP contribution in [-0.2, 0) is 6.42 Å². The van der Waals surface area contributed by atoms with Crippen molar-refractivity contribution in [2.45, 2.75) is 32.2 Å². The number of carbonyl (C=O) groups excluding carboxylic acids is 1. The molecule has 1 heterocycles. The van der Waals surface area contributed by atoms with Gasteiger partial charge >= 0.3 is 0 Å². The number of nitrogens with two attached hydrogens (primary N) is 2. The molecule has 1 atom stereocenters. The first kappa shape index (κ1) is 10.6. The molecule has 14 heavy (non-hydrogen) atoms. The van der Waals surface area contributed by atoms with Gasteiger partial charge in [-0.3, -0.25) is 4.79 Å². The molecule has 1 unspecified atom stereocenters. The number of primary amides is 1. The van der Waals surface area contributed by atoms with Crippen LogP contribution in [0.3, 0.4) is 0 Å². The van der Waals surface area contributed by atoms with Gasteiger partial charge in [-0.05, 0) is 6.42 Å². The highest BCUT2D eigenvalue weighted by Crippen LogP contribution is 2.03. The summed E-state index contributed by atoms with van der Waals surface area (Å²) in [5.74, 6) is -0.424. The van der Waals surface area contributed by atoms with Gasteiger partial charge in [-0.2, -0.15) is 4.98 Å². The van der Waals surface area contributed by atoms with Gasteiger partial charge in [0.15, 0.2) is 0 Å². The van der Waals surface area contributed by atoms with Crippen molar-refractivity contribution >= 4 is 5.91 Å². The van der Waals surface area contributed by atoms with Gasteiger partial charge in [-0.25, -0.2) is 0 Å². The first-order valence-corrected chi connectivity index (χ1v) is 4.51. The lowest BCUT2D eigenvalue weighted by Crippen LogP contribution is -2.22. The first-order valence-electron chi connectivity index (χ1n) is 4.51. The summed E-state index contributed by atoms with van der Waals surface area (Å²) in [6, 6.07) is -0.0128. The molecule has 0 saturated carbocycles. The van der Waals surface area contributed by atoms with Crippen molar-refractivity contribution in [1.82, 2.24) is 10.1 Å². The average Bonchev–Trinajstić information content (AvgIpc) is 2.53. The predicted octanol–water partition coefficient (Wildman–Crippen LogP) is -0.162. The van der Waals surface area contributed by atoms with E-state index in [1.54, 1.807) is 0 Å². The van der Waals surface area contributed by atoms with Gasteiger partial charge < -0.3 is 16.0 Å². The zero-order valence-electron chi connectivity index (χ0n) is 8.06. The number of hydrogen-bond donors (Lipinski definition) is 2. The van der Waals surface area contributed by atoms with Crippen molar-refractivity contribution < 1.29 is 9.32 Å². The fourth-order valence-electron chi connectivity index (χ4n) is 1.14. The van der Waals surface area contributed by atoms with Gasteiger partial charge in [0, 0.05) is 12.5 Å². The van der Waals surface area contributed by atoms with Gasteiger partial charge in [0.1, 0.15) is 0 Å². The second-order valence-electron chi connectivity index (χ2n) is 3.13. The van der Waals surface area contributed by atoms with Crippen LogP contribution in [-0.4, -0.2) is 22.1 Å². The van der Waals surface area contributed by atoms with Crippen LogP contribution in [0, 0.1) is 0 Å². The van der Waals surface area contributed by atoms with Gasteiger partial charge in [-0.15, -0.1) is 0 Å². The van der Waals surface area contributed by atoms with Crippen LogP contribution < -0.4 is 11.5 Å². The van der Waals surface area contributed by atoms with Crippen molar-refractivity contribution in [1.29, 1.82) is 0 Å². The molecule has 0 aliphatic carbocycles. The third-order valence-corrected chi connectivity index (χ3v) is 1.78. The van der Waals surface area contributed by atoms with E-state index in [-0.39, 0.29) is 11.9 Å². The Morgan fingerprint density at radius 2 is 2.36 bits per heavy atom. The van der Waals surface area contributed by atoms with Crippen LogP contribution in [0.2, 0.25) is 0 Å². The first-order chi connectivity index (χ1) is 6.63. The predicted molar refractivity (Wildman–Crippen MR) is 49.4 cm³/mol. The Morgan fingerprint density at radius 1 is 1.64 bits per heavy atom. The molecule has 1 aromatic heterocycles. The molecule has 0 aromatic carbocycles. The maximum absolute atomic E-state index is 10.6. The topological polar surface area (TPSA) is 108 Å². The standard InChI is InChI=1S/C8H14N4O2/c1-2-3-5(9)4-6-11-8(7(10)13)12-14-6/h5H,2-4,9H2,1H3,(H2,10,13). The maximum Gasteiger partial charge on any atom is 0.290 e. The average molecular weight is 198 g/mol. The number of hydrogen-bond acceptors (Lipinski definition) is 5. The van der Waals surface area contributed by atoms with Crippen LogP contribution in [0.5, 0.6) is 0 Å². The van der Waals surface area contributed by atoms with Crippen molar-refractivity contribution in [2.24, 2.45) is 11.5 Å². The summed E-state index contributed by atoms with van der Waals surface area (Å²) in [7, 11) is 0. The minimum absolute atomic E-state index is 0.0128. The lowest BCUT2D eigenvalue weighted by Gasteiger charge is -2.04. The van der Waals surface area contributed by atoms with E-state index < -0.39 is 5.91 Å². The Bertz CT molecular complexity index is 310. The summed E-state index contributed by atoms with van der Waals surface area (Å²) < 4.78 is 4.80. The summed E-state index contributed by atoms with van der Waals surface area (Å²) >= 11 is 0. The molecule has 0 saturated heterocycles. The Kier molecular flexibility index (Phi) is 3.58. The van der Waals surface area contributed by atoms with Crippen molar-refractivity contribution in [2.75, 3.05) is 0 Å². The number of carbonyl (C=O) groups is 1. The van der Waals surface area contributed by atoms with Gasteiger partial charge in [0.2, 0.25) is 5.89 Å². The van der Waals surface area contributed by atoms with E-state index in [1.807, 2.05) is 6.92 Å². The summed E-state index contributed by atoms with van der Waals surface area (Å²) in [6.45, 7) is 2.04. The molecule has 0 aliphatic heterocycles. The summed E-state index contributed by atoms with van der Waals surface area (Å²) in [5, 5.41) is 3.41. The molecular weight excluding hydrogens is 184 g/mol. The Hall–Kier alpha value is -1.43. The molecule has 4 N–H and O–H groups in total. The highest BCUT2D eigenvalue weighted by Gasteiger charge is 2.13. The molecule has 0 spiro atoms. The minimum Gasteiger partial charge on any atom is -0.363 e. The lowest BCUT2D eigenvalue weighted by molar-refractivity contribution is 0.0987. The van der Waals surface area contributed by atoms with E-state index in [0.717, 1.165) is 12.8 Å². The van der Waals surface area contributed by atoms with Crippen LogP contribution in [0.25, 0.3) is 0 Å². The number of nitrogens with zero attached hydrogens (tertiary/aromatic N) is 2. The third kappa shape index (κ3) is 2.81. The second-order valence-corrected chi connectivity index (χ2v) is 3.13. The summed E-state index contributed by atoms with van der Waals surface area (Å²) in [6.07, 6.45) is 2.36. The monoisotopic (exact) mass is 198 g/mol.